The van der Waals surface area contributed by atoms with E-state index in [1.165, 1.54) is 109 Å². The number of rotatable bonds is 34. The van der Waals surface area contributed by atoms with Gasteiger partial charge in [-0.3, -0.25) is 14.4 Å². The summed E-state index contributed by atoms with van der Waals surface area (Å²) in [4.78, 5) is 37.2. The molecule has 0 unspecified atom stereocenters. The van der Waals surface area contributed by atoms with Crippen molar-refractivity contribution < 1.29 is 28.6 Å². The van der Waals surface area contributed by atoms with Gasteiger partial charge in [0.15, 0.2) is 6.10 Å². The van der Waals surface area contributed by atoms with E-state index in [1.807, 2.05) is 0 Å². The van der Waals surface area contributed by atoms with Gasteiger partial charge in [0.2, 0.25) is 0 Å². The Bertz CT molecular complexity index is 649. The standard InChI is InChI=1S/C38H72O6/c1-4-7-10-13-16-18-20-23-25-28-31-37(40)43-34-35(44-38(41)32-29-26-21-15-12-9-6-3)33-42-36(39)30-27-24-22-19-17-14-11-8-5-2/h35H,4-34H2,1-3H3/t35-/m0/s1. The van der Waals surface area contributed by atoms with Crippen molar-refractivity contribution in [3.8, 4) is 0 Å². The second-order valence-electron chi connectivity index (χ2n) is 12.9. The van der Waals surface area contributed by atoms with Crippen molar-refractivity contribution in [2.24, 2.45) is 0 Å². The molecular weight excluding hydrogens is 552 g/mol. The molecular formula is C38H72O6. The van der Waals surface area contributed by atoms with Crippen molar-refractivity contribution in [3.05, 3.63) is 0 Å². The second-order valence-corrected chi connectivity index (χ2v) is 12.9. The van der Waals surface area contributed by atoms with Gasteiger partial charge in [-0.25, -0.2) is 0 Å². The summed E-state index contributed by atoms with van der Waals surface area (Å²) >= 11 is 0. The maximum absolute atomic E-state index is 12.5. The number of carbonyl (C=O) groups is 3. The van der Waals surface area contributed by atoms with Crippen LogP contribution in [0.1, 0.15) is 207 Å². The van der Waals surface area contributed by atoms with E-state index in [1.54, 1.807) is 0 Å². The highest BCUT2D eigenvalue weighted by molar-refractivity contribution is 5.71. The molecule has 260 valence electrons. The van der Waals surface area contributed by atoms with Crippen LogP contribution in [0.3, 0.4) is 0 Å². The van der Waals surface area contributed by atoms with Crippen molar-refractivity contribution in [1.29, 1.82) is 0 Å². The Kier molecular flexibility index (Phi) is 33.0. The first-order valence-corrected chi connectivity index (χ1v) is 19.0. The molecule has 0 aliphatic carbocycles. The van der Waals surface area contributed by atoms with Crippen LogP contribution in [0.2, 0.25) is 0 Å². The van der Waals surface area contributed by atoms with Crippen LogP contribution in [0.4, 0.5) is 0 Å². The predicted octanol–water partition coefficient (Wildman–Crippen LogP) is 11.4. The molecule has 0 bridgehead atoms. The molecule has 0 aromatic rings. The van der Waals surface area contributed by atoms with Gasteiger partial charge in [0.25, 0.3) is 0 Å². The van der Waals surface area contributed by atoms with Crippen molar-refractivity contribution >= 4 is 17.9 Å². The summed E-state index contributed by atoms with van der Waals surface area (Å²) in [6.45, 7) is 6.55. The van der Waals surface area contributed by atoms with Crippen LogP contribution in [0.5, 0.6) is 0 Å². The monoisotopic (exact) mass is 625 g/mol. The van der Waals surface area contributed by atoms with E-state index >= 15 is 0 Å². The molecule has 0 spiro atoms. The Labute approximate surface area is 272 Å². The molecule has 6 heteroatoms. The number of ether oxygens (including phenoxy) is 3. The number of esters is 3. The average molecular weight is 625 g/mol. The molecule has 1 atom stereocenters. The van der Waals surface area contributed by atoms with Crippen LogP contribution < -0.4 is 0 Å². The molecule has 0 heterocycles. The van der Waals surface area contributed by atoms with Crippen molar-refractivity contribution in [3.63, 3.8) is 0 Å². The SMILES string of the molecule is CCCCCCCCCCCCC(=O)OC[C@H](COC(=O)CCCCCCCCCCC)OC(=O)CCCCCCCCC. The van der Waals surface area contributed by atoms with Crippen LogP contribution in [0.15, 0.2) is 0 Å². The van der Waals surface area contributed by atoms with Gasteiger partial charge in [-0.05, 0) is 19.3 Å². The highest BCUT2D eigenvalue weighted by atomic mass is 16.6. The van der Waals surface area contributed by atoms with Crippen LogP contribution >= 0.6 is 0 Å². The summed E-state index contributed by atoms with van der Waals surface area (Å²) in [6, 6.07) is 0. The predicted molar refractivity (Wildman–Crippen MR) is 183 cm³/mol. The normalized spacial score (nSPS) is 11.8. The molecule has 0 aromatic carbocycles. The van der Waals surface area contributed by atoms with Crippen LogP contribution in [-0.2, 0) is 28.6 Å². The number of carbonyl (C=O) groups excluding carboxylic acids is 3. The van der Waals surface area contributed by atoms with E-state index in [0.717, 1.165) is 57.8 Å². The van der Waals surface area contributed by atoms with E-state index in [4.69, 9.17) is 14.2 Å². The number of hydrogen-bond acceptors (Lipinski definition) is 6. The first-order chi connectivity index (χ1) is 21.5. The third-order valence-electron chi connectivity index (χ3n) is 8.36. The molecule has 0 aliphatic rings. The number of unbranched alkanes of at least 4 members (excludes halogenated alkanes) is 23. The highest BCUT2D eigenvalue weighted by Crippen LogP contribution is 2.14. The van der Waals surface area contributed by atoms with Crippen molar-refractivity contribution in [2.45, 2.75) is 213 Å². The summed E-state index contributed by atoms with van der Waals surface area (Å²) < 4.78 is 16.5. The smallest absolute Gasteiger partial charge is 0.306 e. The molecule has 0 aliphatic heterocycles. The van der Waals surface area contributed by atoms with Crippen molar-refractivity contribution in [1.82, 2.24) is 0 Å². The van der Waals surface area contributed by atoms with E-state index in [9.17, 15) is 14.4 Å². The minimum absolute atomic E-state index is 0.0648. The van der Waals surface area contributed by atoms with Crippen LogP contribution in [-0.4, -0.2) is 37.2 Å². The molecule has 0 rings (SSSR count). The minimum Gasteiger partial charge on any atom is -0.462 e. The highest BCUT2D eigenvalue weighted by Gasteiger charge is 2.19. The Hall–Kier alpha value is -1.59. The van der Waals surface area contributed by atoms with E-state index in [2.05, 4.69) is 20.8 Å². The van der Waals surface area contributed by atoms with Crippen molar-refractivity contribution in [2.75, 3.05) is 13.2 Å². The van der Waals surface area contributed by atoms with E-state index < -0.39 is 6.10 Å². The van der Waals surface area contributed by atoms with Gasteiger partial charge < -0.3 is 14.2 Å². The third-order valence-corrected chi connectivity index (χ3v) is 8.36. The molecule has 0 saturated heterocycles. The van der Waals surface area contributed by atoms with Crippen LogP contribution in [0.25, 0.3) is 0 Å². The number of hydrogen-bond donors (Lipinski definition) is 0. The molecule has 0 radical (unpaired) electrons. The van der Waals surface area contributed by atoms with Gasteiger partial charge >= 0.3 is 17.9 Å². The summed E-state index contributed by atoms with van der Waals surface area (Å²) in [6.07, 6.45) is 31.0. The van der Waals surface area contributed by atoms with E-state index in [0.29, 0.717) is 19.3 Å². The Morgan fingerprint density at radius 3 is 0.909 bits per heavy atom. The third kappa shape index (κ3) is 31.8. The molecule has 0 saturated carbocycles. The molecule has 0 N–H and O–H groups in total. The Morgan fingerprint density at radius 2 is 0.614 bits per heavy atom. The Balaban J connectivity index is 4.31. The minimum atomic E-state index is -0.754. The lowest BCUT2D eigenvalue weighted by Crippen LogP contribution is -2.30. The molecule has 0 fully saturated rings. The molecule has 0 aromatic heterocycles. The fourth-order valence-corrected chi connectivity index (χ4v) is 5.44. The van der Waals surface area contributed by atoms with Gasteiger partial charge in [-0.2, -0.15) is 0 Å². The summed E-state index contributed by atoms with van der Waals surface area (Å²) in [5.41, 5.74) is 0. The van der Waals surface area contributed by atoms with Gasteiger partial charge in [0.1, 0.15) is 13.2 Å². The lowest BCUT2D eigenvalue weighted by atomic mass is 10.1. The zero-order valence-corrected chi connectivity index (χ0v) is 29.4. The lowest BCUT2D eigenvalue weighted by molar-refractivity contribution is -0.167. The summed E-state index contributed by atoms with van der Waals surface area (Å²) in [5.74, 6) is -0.874. The summed E-state index contributed by atoms with van der Waals surface area (Å²) in [7, 11) is 0. The molecule has 44 heavy (non-hydrogen) atoms. The lowest BCUT2D eigenvalue weighted by Gasteiger charge is -2.18. The quantitative estimate of drug-likeness (QED) is 0.0402. The van der Waals surface area contributed by atoms with Gasteiger partial charge in [-0.1, -0.05) is 168 Å². The van der Waals surface area contributed by atoms with Crippen LogP contribution in [0, 0.1) is 0 Å². The summed E-state index contributed by atoms with van der Waals surface area (Å²) in [5, 5.41) is 0. The largest absolute Gasteiger partial charge is 0.462 e. The van der Waals surface area contributed by atoms with Gasteiger partial charge in [0.05, 0.1) is 0 Å². The Morgan fingerprint density at radius 1 is 0.364 bits per heavy atom. The fourth-order valence-electron chi connectivity index (χ4n) is 5.44. The van der Waals surface area contributed by atoms with Gasteiger partial charge in [0, 0.05) is 19.3 Å². The van der Waals surface area contributed by atoms with Gasteiger partial charge in [-0.15, -0.1) is 0 Å². The van der Waals surface area contributed by atoms with E-state index in [-0.39, 0.29) is 31.1 Å². The fraction of sp³-hybridized carbons (Fsp3) is 0.921. The first kappa shape index (κ1) is 42.4. The first-order valence-electron chi connectivity index (χ1n) is 19.0. The second kappa shape index (κ2) is 34.3. The maximum atomic E-state index is 12.5. The maximum Gasteiger partial charge on any atom is 0.306 e. The molecule has 0 amide bonds. The zero-order valence-electron chi connectivity index (χ0n) is 29.4. The average Bonchev–Trinajstić information content (AvgIpc) is 3.02. The molecule has 6 nitrogen and oxygen atoms in total. The zero-order chi connectivity index (χ0) is 32.4. The topological polar surface area (TPSA) is 78.9 Å².